The second-order valence-corrected chi connectivity index (χ2v) is 7.99. The summed E-state index contributed by atoms with van der Waals surface area (Å²) in [5.41, 5.74) is 1.88. The number of amides is 1. The Balaban J connectivity index is 1.58. The Morgan fingerprint density at radius 3 is 3.03 bits per heavy atom. The van der Waals surface area contributed by atoms with Gasteiger partial charge in [-0.15, -0.1) is 11.3 Å². The molecule has 8 nitrogen and oxygen atoms in total. The summed E-state index contributed by atoms with van der Waals surface area (Å²) in [4.78, 5) is 32.3. The molecule has 2 aromatic heterocycles. The number of aryl methyl sites for hydroxylation is 1. The van der Waals surface area contributed by atoms with Crippen molar-refractivity contribution in [2.45, 2.75) is 13.3 Å². The number of likely N-dealkylation sites (tertiary alicyclic amines) is 1. The Kier molecular flexibility index (Phi) is 5.70. The lowest BCUT2D eigenvalue weighted by molar-refractivity contribution is -0.119. The van der Waals surface area contributed by atoms with Gasteiger partial charge in [0.1, 0.15) is 0 Å². The molecule has 0 spiro atoms. The summed E-state index contributed by atoms with van der Waals surface area (Å²) in [6, 6.07) is 7.23. The van der Waals surface area contributed by atoms with Gasteiger partial charge in [-0.1, -0.05) is 18.2 Å². The molecule has 1 aliphatic rings. The molecule has 1 unspecified atom stereocenters. The zero-order valence-electron chi connectivity index (χ0n) is 16.4. The van der Waals surface area contributed by atoms with Crippen LogP contribution < -0.4 is 10.9 Å². The topological polar surface area (TPSA) is 88.8 Å². The lowest BCUT2D eigenvalue weighted by atomic mass is 10.1. The van der Waals surface area contributed by atoms with Crippen LogP contribution in [-0.4, -0.2) is 58.8 Å². The van der Waals surface area contributed by atoms with Gasteiger partial charge in [0.2, 0.25) is 10.9 Å². The van der Waals surface area contributed by atoms with Crippen LogP contribution in [0.3, 0.4) is 0 Å². The molecule has 152 valence electrons. The van der Waals surface area contributed by atoms with E-state index in [0.717, 1.165) is 25.2 Å². The van der Waals surface area contributed by atoms with Gasteiger partial charge in [-0.2, -0.15) is 10.1 Å². The average Bonchev–Trinajstić information content (AvgIpc) is 3.33. The van der Waals surface area contributed by atoms with Crippen LogP contribution in [0.5, 0.6) is 0 Å². The first-order chi connectivity index (χ1) is 14.1. The maximum Gasteiger partial charge on any atom is 0.300 e. The Morgan fingerprint density at radius 2 is 2.21 bits per heavy atom. The number of aromatic nitrogens is 3. The average molecular weight is 414 g/mol. The van der Waals surface area contributed by atoms with Gasteiger partial charge in [-0.3, -0.25) is 9.59 Å². The third-order valence-corrected chi connectivity index (χ3v) is 6.08. The first-order valence-corrected chi connectivity index (χ1v) is 10.4. The number of carbonyl (C=O) groups is 1. The van der Waals surface area contributed by atoms with Crippen LogP contribution >= 0.6 is 11.3 Å². The third kappa shape index (κ3) is 4.07. The van der Waals surface area contributed by atoms with Gasteiger partial charge in [0.05, 0.1) is 23.9 Å². The van der Waals surface area contributed by atoms with E-state index < -0.39 is 5.56 Å². The number of nitrogens with one attached hydrogen (secondary N) is 1. The van der Waals surface area contributed by atoms with Crippen LogP contribution in [0.25, 0.3) is 16.2 Å². The number of fused-ring (bicyclic) bond motifs is 1. The number of hydrogen-bond donors (Lipinski definition) is 1. The Morgan fingerprint density at radius 1 is 1.38 bits per heavy atom. The van der Waals surface area contributed by atoms with Crippen molar-refractivity contribution in [1.29, 1.82) is 0 Å². The quantitative estimate of drug-likeness (QED) is 0.665. The van der Waals surface area contributed by atoms with Crippen molar-refractivity contribution in [2.75, 3.05) is 38.7 Å². The molecule has 4 rings (SSSR count). The number of carbonyl (C=O) groups excluding carboxylic acids is 1. The van der Waals surface area contributed by atoms with Crippen molar-refractivity contribution < 1.29 is 9.53 Å². The molecule has 3 aromatic rings. The second kappa shape index (κ2) is 8.40. The summed E-state index contributed by atoms with van der Waals surface area (Å²) in [6.07, 6.45) is 0.806. The SMILES string of the molecule is COCCN1CCC(C(=O)Nc2ccccc2-c2nn3c(C)csc3nc2=O)C1. The molecule has 0 radical (unpaired) electrons. The molecular formula is C20H23N5O3S. The number of nitrogens with zero attached hydrogens (tertiary/aromatic N) is 4. The standard InChI is InChI=1S/C20H23N5O3S/c1-13-12-29-20-22-19(27)17(23-25(13)20)15-5-3-4-6-16(15)21-18(26)14-7-8-24(11-14)9-10-28-2/h3-6,12,14H,7-11H2,1-2H3,(H,21,26). The molecule has 1 aliphatic heterocycles. The van der Waals surface area contributed by atoms with Crippen molar-refractivity contribution in [2.24, 2.45) is 5.92 Å². The highest BCUT2D eigenvalue weighted by Crippen LogP contribution is 2.26. The summed E-state index contributed by atoms with van der Waals surface area (Å²) in [5.74, 6) is -0.132. The Labute approximate surface area is 172 Å². The Bertz CT molecular complexity index is 1090. The first-order valence-electron chi connectivity index (χ1n) is 9.53. The number of thiazole rings is 1. The summed E-state index contributed by atoms with van der Waals surface area (Å²) < 4.78 is 6.78. The van der Waals surface area contributed by atoms with E-state index in [9.17, 15) is 9.59 Å². The molecule has 29 heavy (non-hydrogen) atoms. The maximum absolute atomic E-state index is 12.8. The molecule has 0 saturated carbocycles. The van der Waals surface area contributed by atoms with Crippen LogP contribution in [0.2, 0.25) is 0 Å². The minimum Gasteiger partial charge on any atom is -0.383 e. The highest BCUT2D eigenvalue weighted by molar-refractivity contribution is 7.15. The molecule has 3 heterocycles. The van der Waals surface area contributed by atoms with Crippen LogP contribution in [0, 0.1) is 12.8 Å². The zero-order valence-corrected chi connectivity index (χ0v) is 17.2. The zero-order chi connectivity index (χ0) is 20.4. The number of benzene rings is 1. The molecule has 1 fully saturated rings. The normalized spacial score (nSPS) is 17.1. The number of para-hydroxylation sites is 1. The van der Waals surface area contributed by atoms with Crippen molar-refractivity contribution >= 4 is 27.9 Å². The number of ether oxygens (including phenoxy) is 1. The molecule has 9 heteroatoms. The van der Waals surface area contributed by atoms with E-state index in [0.29, 0.717) is 29.4 Å². The molecule has 1 atom stereocenters. The van der Waals surface area contributed by atoms with Gasteiger partial charge in [0, 0.05) is 31.1 Å². The van der Waals surface area contributed by atoms with Crippen molar-refractivity contribution in [3.05, 3.63) is 45.7 Å². The van der Waals surface area contributed by atoms with Crippen LogP contribution in [0.15, 0.2) is 34.4 Å². The summed E-state index contributed by atoms with van der Waals surface area (Å²) >= 11 is 1.38. The van der Waals surface area contributed by atoms with Gasteiger partial charge >= 0.3 is 5.56 Å². The third-order valence-electron chi connectivity index (χ3n) is 5.14. The largest absolute Gasteiger partial charge is 0.383 e. The van der Waals surface area contributed by atoms with E-state index in [1.165, 1.54) is 11.3 Å². The summed E-state index contributed by atoms with van der Waals surface area (Å²) in [5, 5.41) is 9.40. The Hall–Kier alpha value is -2.62. The monoisotopic (exact) mass is 413 g/mol. The highest BCUT2D eigenvalue weighted by Gasteiger charge is 2.28. The fourth-order valence-corrected chi connectivity index (χ4v) is 4.34. The summed E-state index contributed by atoms with van der Waals surface area (Å²) in [6.45, 7) is 4.98. The van der Waals surface area contributed by atoms with Gasteiger partial charge < -0.3 is 15.0 Å². The van der Waals surface area contributed by atoms with Gasteiger partial charge in [0.15, 0.2) is 5.69 Å². The van der Waals surface area contributed by atoms with E-state index in [-0.39, 0.29) is 17.5 Å². The number of methoxy groups -OCH3 is 1. The summed E-state index contributed by atoms with van der Waals surface area (Å²) in [7, 11) is 1.68. The van der Waals surface area contributed by atoms with E-state index in [4.69, 9.17) is 4.74 Å². The fourth-order valence-electron chi connectivity index (χ4n) is 3.54. The molecule has 0 bridgehead atoms. The predicted octanol–water partition coefficient (Wildman–Crippen LogP) is 2.03. The lowest BCUT2D eigenvalue weighted by Crippen LogP contribution is -2.29. The second-order valence-electron chi connectivity index (χ2n) is 7.15. The molecule has 1 amide bonds. The van der Waals surface area contributed by atoms with Crippen LogP contribution in [0.4, 0.5) is 5.69 Å². The predicted molar refractivity (Wildman–Crippen MR) is 112 cm³/mol. The van der Waals surface area contributed by atoms with Crippen LogP contribution in [0.1, 0.15) is 12.1 Å². The van der Waals surface area contributed by atoms with Crippen molar-refractivity contribution in [3.63, 3.8) is 0 Å². The van der Waals surface area contributed by atoms with E-state index in [1.807, 2.05) is 24.4 Å². The highest BCUT2D eigenvalue weighted by atomic mass is 32.1. The van der Waals surface area contributed by atoms with Crippen molar-refractivity contribution in [1.82, 2.24) is 19.5 Å². The maximum atomic E-state index is 12.8. The van der Waals surface area contributed by atoms with E-state index in [2.05, 4.69) is 20.3 Å². The van der Waals surface area contributed by atoms with Crippen LogP contribution in [-0.2, 0) is 9.53 Å². The molecule has 1 N–H and O–H groups in total. The van der Waals surface area contributed by atoms with Crippen molar-refractivity contribution in [3.8, 4) is 11.3 Å². The minimum absolute atomic E-state index is 0.0433. The molecule has 1 aromatic carbocycles. The lowest BCUT2D eigenvalue weighted by Gasteiger charge is -2.16. The van der Waals surface area contributed by atoms with Gasteiger partial charge in [-0.25, -0.2) is 4.52 Å². The van der Waals surface area contributed by atoms with E-state index in [1.54, 1.807) is 23.8 Å². The smallest absolute Gasteiger partial charge is 0.300 e. The fraction of sp³-hybridized carbons (Fsp3) is 0.400. The van der Waals surface area contributed by atoms with E-state index >= 15 is 0 Å². The van der Waals surface area contributed by atoms with Gasteiger partial charge in [0.25, 0.3) is 0 Å². The minimum atomic E-state index is -0.403. The molecule has 0 aliphatic carbocycles. The molecule has 1 saturated heterocycles. The molecular weight excluding hydrogens is 390 g/mol. The van der Waals surface area contributed by atoms with Gasteiger partial charge in [-0.05, 0) is 26.0 Å². The first kappa shape index (κ1) is 19.7. The number of anilines is 1. The number of rotatable bonds is 6. The number of hydrogen-bond acceptors (Lipinski definition) is 7.